The van der Waals surface area contributed by atoms with E-state index in [1.165, 1.54) is 12.1 Å². The van der Waals surface area contributed by atoms with Gasteiger partial charge in [0.05, 0.1) is 0 Å². The Morgan fingerprint density at radius 1 is 1.21 bits per heavy atom. The zero-order valence-electron chi connectivity index (χ0n) is 17.3. The summed E-state index contributed by atoms with van der Waals surface area (Å²) >= 11 is 0. The highest BCUT2D eigenvalue weighted by Gasteiger charge is 2.81. The average Bonchev–Trinajstić information content (AvgIpc) is 2.72. The Balaban J connectivity index is 1.70. The van der Waals surface area contributed by atoms with E-state index in [0.717, 1.165) is 40.5 Å². The standard InChI is InChI=1S/C24H27N3O/c1-13(2)10-17-14-7-9-27-19-18(21(28)26-20(27)15(14)6-8-25-17)16-11-22(3)12-23(19,4)24(16,22)5/h6-9,13,16H,10-12H2,1-5H3. The molecule has 2 fully saturated rings. The van der Waals surface area contributed by atoms with Gasteiger partial charge in [0.25, 0.3) is 5.56 Å². The van der Waals surface area contributed by atoms with E-state index in [-0.39, 0.29) is 16.4 Å². The normalized spacial score (nSPS) is 35.0. The van der Waals surface area contributed by atoms with E-state index in [1.54, 1.807) is 0 Å². The molecule has 144 valence electrons. The Kier molecular flexibility index (Phi) is 2.78. The molecule has 3 aliphatic carbocycles. The number of rotatable bonds is 2. The number of pyridine rings is 2. The molecule has 3 aromatic rings. The highest BCUT2D eigenvalue weighted by Crippen LogP contribution is 2.86. The van der Waals surface area contributed by atoms with Crippen LogP contribution in [0.15, 0.2) is 29.3 Å². The molecule has 4 heteroatoms. The first-order chi connectivity index (χ1) is 13.2. The molecule has 0 saturated heterocycles. The van der Waals surface area contributed by atoms with Crippen LogP contribution in [0.4, 0.5) is 0 Å². The summed E-state index contributed by atoms with van der Waals surface area (Å²) in [6.07, 6.45) is 7.23. The zero-order valence-corrected chi connectivity index (χ0v) is 17.3. The lowest BCUT2D eigenvalue weighted by Gasteiger charge is -2.75. The van der Waals surface area contributed by atoms with Gasteiger partial charge in [-0.2, -0.15) is 4.98 Å². The Labute approximate surface area is 165 Å². The van der Waals surface area contributed by atoms with E-state index in [0.29, 0.717) is 17.3 Å². The van der Waals surface area contributed by atoms with E-state index in [2.05, 4.69) is 61.3 Å². The van der Waals surface area contributed by atoms with Gasteiger partial charge in [0.2, 0.25) is 0 Å². The minimum absolute atomic E-state index is 0.00591. The van der Waals surface area contributed by atoms with Crippen LogP contribution < -0.4 is 5.56 Å². The van der Waals surface area contributed by atoms with Crippen LogP contribution in [0.3, 0.4) is 0 Å². The number of nitrogens with zero attached hydrogens (tertiary/aromatic N) is 3. The Bertz CT molecular complexity index is 1260. The smallest absolute Gasteiger partial charge is 0.277 e. The van der Waals surface area contributed by atoms with Crippen LogP contribution in [0.1, 0.15) is 70.3 Å². The Morgan fingerprint density at radius 3 is 2.71 bits per heavy atom. The second kappa shape index (κ2) is 4.67. The van der Waals surface area contributed by atoms with Crippen molar-refractivity contribution in [1.29, 1.82) is 0 Å². The molecule has 3 aliphatic rings. The van der Waals surface area contributed by atoms with Crippen LogP contribution in [-0.4, -0.2) is 14.4 Å². The van der Waals surface area contributed by atoms with Crippen molar-refractivity contribution in [3.8, 4) is 0 Å². The molecule has 6 rings (SSSR count). The molecule has 0 N–H and O–H groups in total. The molecule has 4 atom stereocenters. The SMILES string of the molecule is CC(C)Cc1nccc2c1ccn1c3c(c(=O)nc21)C1CC2(C)CC3(C)C12C. The molecule has 4 nitrogen and oxygen atoms in total. The summed E-state index contributed by atoms with van der Waals surface area (Å²) in [7, 11) is 0. The highest BCUT2D eigenvalue weighted by molar-refractivity contribution is 5.95. The van der Waals surface area contributed by atoms with Crippen molar-refractivity contribution in [3.63, 3.8) is 0 Å². The highest BCUT2D eigenvalue weighted by atomic mass is 16.1. The number of aromatic nitrogens is 3. The number of fused-ring (bicyclic) bond motifs is 7. The fourth-order valence-electron chi connectivity index (χ4n) is 7.40. The van der Waals surface area contributed by atoms with Crippen molar-refractivity contribution in [2.24, 2.45) is 16.7 Å². The maximum absolute atomic E-state index is 13.2. The summed E-state index contributed by atoms with van der Waals surface area (Å²) in [6, 6.07) is 4.20. The maximum Gasteiger partial charge on any atom is 0.277 e. The van der Waals surface area contributed by atoms with Crippen molar-refractivity contribution < 1.29 is 0 Å². The van der Waals surface area contributed by atoms with Gasteiger partial charge >= 0.3 is 0 Å². The van der Waals surface area contributed by atoms with Gasteiger partial charge in [-0.25, -0.2) is 0 Å². The number of hydrogen-bond acceptors (Lipinski definition) is 3. The molecular formula is C24H27N3O. The van der Waals surface area contributed by atoms with Crippen LogP contribution in [0.2, 0.25) is 0 Å². The lowest BCUT2D eigenvalue weighted by Crippen LogP contribution is -2.70. The minimum atomic E-state index is -0.00591. The van der Waals surface area contributed by atoms with E-state index in [4.69, 9.17) is 0 Å². The third-order valence-electron chi connectivity index (χ3n) is 8.83. The molecule has 28 heavy (non-hydrogen) atoms. The molecule has 0 aliphatic heterocycles. The topological polar surface area (TPSA) is 47.3 Å². The largest absolute Gasteiger partial charge is 0.304 e. The summed E-state index contributed by atoms with van der Waals surface area (Å²) in [5.74, 6) is 0.902. The van der Waals surface area contributed by atoms with E-state index in [1.807, 2.05) is 12.3 Å². The molecule has 4 unspecified atom stereocenters. The summed E-state index contributed by atoms with van der Waals surface area (Å²) in [5.41, 5.74) is 4.74. The lowest BCUT2D eigenvalue weighted by molar-refractivity contribution is -0.228. The van der Waals surface area contributed by atoms with Crippen molar-refractivity contribution in [2.75, 3.05) is 0 Å². The van der Waals surface area contributed by atoms with E-state index < -0.39 is 0 Å². The Morgan fingerprint density at radius 2 is 2.00 bits per heavy atom. The molecule has 0 amide bonds. The predicted octanol–water partition coefficient (Wildman–Crippen LogP) is 4.62. The molecule has 0 bridgehead atoms. The lowest BCUT2D eigenvalue weighted by atomic mass is 9.28. The van der Waals surface area contributed by atoms with Gasteiger partial charge in [-0.3, -0.25) is 9.78 Å². The third-order valence-corrected chi connectivity index (χ3v) is 8.83. The summed E-state index contributed by atoms with van der Waals surface area (Å²) in [5, 5.41) is 2.17. The van der Waals surface area contributed by atoms with Gasteiger partial charge in [0.15, 0.2) is 0 Å². The van der Waals surface area contributed by atoms with Crippen LogP contribution in [-0.2, 0) is 11.8 Å². The fourth-order valence-corrected chi connectivity index (χ4v) is 7.40. The van der Waals surface area contributed by atoms with Crippen molar-refractivity contribution >= 4 is 16.4 Å². The first kappa shape index (κ1) is 16.7. The van der Waals surface area contributed by atoms with Crippen LogP contribution in [0.5, 0.6) is 0 Å². The fraction of sp³-hybridized carbons (Fsp3) is 0.542. The van der Waals surface area contributed by atoms with Gasteiger partial charge < -0.3 is 4.40 Å². The molecule has 0 aromatic carbocycles. The van der Waals surface area contributed by atoms with Crippen molar-refractivity contribution in [3.05, 3.63) is 51.8 Å². The van der Waals surface area contributed by atoms with Gasteiger partial charge in [0, 0.05) is 45.5 Å². The van der Waals surface area contributed by atoms with Crippen molar-refractivity contribution in [1.82, 2.24) is 14.4 Å². The third kappa shape index (κ3) is 1.53. The molecule has 3 aromatic heterocycles. The summed E-state index contributed by atoms with van der Waals surface area (Å²) in [4.78, 5) is 22.5. The van der Waals surface area contributed by atoms with Crippen molar-refractivity contribution in [2.45, 2.75) is 65.2 Å². The van der Waals surface area contributed by atoms with Gasteiger partial charge in [-0.15, -0.1) is 0 Å². The van der Waals surface area contributed by atoms with Crippen LogP contribution in [0.25, 0.3) is 16.4 Å². The first-order valence-corrected chi connectivity index (χ1v) is 10.5. The molecule has 0 radical (unpaired) electrons. The average molecular weight is 374 g/mol. The van der Waals surface area contributed by atoms with Gasteiger partial charge in [-0.05, 0) is 54.1 Å². The monoisotopic (exact) mass is 373 g/mol. The quantitative estimate of drug-likeness (QED) is 0.616. The molecule has 3 heterocycles. The van der Waals surface area contributed by atoms with E-state index in [9.17, 15) is 4.79 Å². The maximum atomic E-state index is 13.2. The van der Waals surface area contributed by atoms with Crippen LogP contribution in [0, 0.1) is 16.7 Å². The minimum Gasteiger partial charge on any atom is -0.304 e. The van der Waals surface area contributed by atoms with Crippen LogP contribution >= 0.6 is 0 Å². The van der Waals surface area contributed by atoms with E-state index >= 15 is 0 Å². The summed E-state index contributed by atoms with van der Waals surface area (Å²) in [6.45, 7) is 11.6. The Hall–Kier alpha value is -2.23. The zero-order chi connectivity index (χ0) is 19.6. The second-order valence-corrected chi connectivity index (χ2v) is 10.5. The second-order valence-electron chi connectivity index (χ2n) is 10.5. The van der Waals surface area contributed by atoms with Gasteiger partial charge in [0.1, 0.15) is 5.65 Å². The van der Waals surface area contributed by atoms with Gasteiger partial charge in [-0.1, -0.05) is 34.6 Å². The molecular weight excluding hydrogens is 346 g/mol. The molecule has 2 saturated carbocycles. The predicted molar refractivity (Wildman–Crippen MR) is 111 cm³/mol. The number of hydrogen-bond donors (Lipinski definition) is 0. The summed E-state index contributed by atoms with van der Waals surface area (Å²) < 4.78 is 2.24. The first-order valence-electron chi connectivity index (χ1n) is 10.5. The molecule has 0 spiro atoms.